The highest BCUT2D eigenvalue weighted by Crippen LogP contribution is 2.32. The Bertz CT molecular complexity index is 565. The van der Waals surface area contributed by atoms with E-state index in [1.165, 1.54) is 0 Å². The molecule has 5 nitrogen and oxygen atoms in total. The molecule has 0 saturated carbocycles. The Kier molecular flexibility index (Phi) is 5.77. The van der Waals surface area contributed by atoms with Crippen molar-refractivity contribution in [3.63, 3.8) is 0 Å². The fourth-order valence-corrected chi connectivity index (χ4v) is 3.25. The maximum atomic E-state index is 12.6. The van der Waals surface area contributed by atoms with Gasteiger partial charge in [-0.3, -0.25) is 9.59 Å². The number of amides is 2. The molecule has 1 aliphatic rings. The van der Waals surface area contributed by atoms with Crippen molar-refractivity contribution in [2.75, 3.05) is 11.9 Å². The third-order valence-corrected chi connectivity index (χ3v) is 4.34. The molecule has 0 fully saturated rings. The number of aliphatic hydroxyl groups is 1. The van der Waals surface area contributed by atoms with Gasteiger partial charge in [-0.15, -0.1) is 0 Å². The molecule has 0 aliphatic carbocycles. The molecule has 1 unspecified atom stereocenters. The first-order valence-corrected chi connectivity index (χ1v) is 8.38. The normalized spacial score (nSPS) is 17.3. The number of rotatable bonds is 7. The molecule has 23 heavy (non-hydrogen) atoms. The lowest BCUT2D eigenvalue weighted by atomic mass is 9.88. The van der Waals surface area contributed by atoms with Gasteiger partial charge in [0.05, 0.1) is 11.5 Å². The number of carbonyl (C=O) groups is 2. The zero-order valence-corrected chi connectivity index (χ0v) is 13.9. The van der Waals surface area contributed by atoms with E-state index in [0.717, 1.165) is 18.4 Å². The van der Waals surface area contributed by atoms with Gasteiger partial charge in [-0.2, -0.15) is 0 Å². The summed E-state index contributed by atoms with van der Waals surface area (Å²) in [6.07, 6.45) is 3.18. The van der Waals surface area contributed by atoms with Crippen LogP contribution in [0.4, 0.5) is 5.69 Å². The van der Waals surface area contributed by atoms with E-state index in [9.17, 15) is 14.7 Å². The van der Waals surface area contributed by atoms with Crippen molar-refractivity contribution < 1.29 is 14.7 Å². The second kappa shape index (κ2) is 7.59. The van der Waals surface area contributed by atoms with Gasteiger partial charge in [0.1, 0.15) is 0 Å². The Labute approximate surface area is 137 Å². The van der Waals surface area contributed by atoms with Crippen LogP contribution in [0, 0.1) is 0 Å². The van der Waals surface area contributed by atoms with Crippen LogP contribution >= 0.6 is 0 Å². The van der Waals surface area contributed by atoms with Crippen LogP contribution in [0.15, 0.2) is 24.3 Å². The highest BCUT2D eigenvalue weighted by Gasteiger charge is 2.32. The second-order valence-electron chi connectivity index (χ2n) is 6.33. The average molecular weight is 318 g/mol. The number of hydrogen-bond donors (Lipinski definition) is 3. The smallest absolute Gasteiger partial charge is 0.228 e. The molecule has 1 aromatic rings. The molecule has 1 aromatic carbocycles. The fourth-order valence-electron chi connectivity index (χ4n) is 3.25. The summed E-state index contributed by atoms with van der Waals surface area (Å²) in [6.45, 7) is 4.27. The maximum Gasteiger partial charge on any atom is 0.228 e. The van der Waals surface area contributed by atoms with Gasteiger partial charge in [0, 0.05) is 18.7 Å². The van der Waals surface area contributed by atoms with Crippen molar-refractivity contribution in [3.05, 3.63) is 29.8 Å². The lowest BCUT2D eigenvalue weighted by molar-refractivity contribution is -0.127. The molecule has 0 radical (unpaired) electrons. The third-order valence-electron chi connectivity index (χ3n) is 4.34. The first-order valence-electron chi connectivity index (χ1n) is 8.38. The molecule has 1 heterocycles. The predicted molar refractivity (Wildman–Crippen MR) is 90.2 cm³/mol. The van der Waals surface area contributed by atoms with Crippen LogP contribution in [0.2, 0.25) is 0 Å². The number of anilines is 1. The summed E-state index contributed by atoms with van der Waals surface area (Å²) < 4.78 is 0. The molecule has 0 aromatic heterocycles. The third kappa shape index (κ3) is 4.32. The molecule has 0 saturated heterocycles. The highest BCUT2D eigenvalue weighted by atomic mass is 16.3. The van der Waals surface area contributed by atoms with Crippen molar-refractivity contribution in [1.29, 1.82) is 0 Å². The monoisotopic (exact) mass is 318 g/mol. The number of para-hydroxylation sites is 1. The van der Waals surface area contributed by atoms with Gasteiger partial charge in [-0.25, -0.2) is 0 Å². The minimum Gasteiger partial charge on any atom is -0.388 e. The van der Waals surface area contributed by atoms with Crippen LogP contribution in [0.5, 0.6) is 0 Å². The Balaban J connectivity index is 2.07. The molecule has 0 bridgehead atoms. The quantitative estimate of drug-likeness (QED) is 0.723. The number of carbonyl (C=O) groups excluding carboxylic acids is 2. The molecule has 1 aliphatic heterocycles. The number of fused-ring (bicyclic) bond motifs is 1. The van der Waals surface area contributed by atoms with Gasteiger partial charge in [-0.05, 0) is 24.5 Å². The van der Waals surface area contributed by atoms with E-state index in [2.05, 4.69) is 10.6 Å². The second-order valence-corrected chi connectivity index (χ2v) is 6.33. The number of nitrogens with one attached hydrogen (secondary N) is 2. The summed E-state index contributed by atoms with van der Waals surface area (Å²) in [5.74, 6) is -0.841. The molecular formula is C18H26N2O3. The summed E-state index contributed by atoms with van der Waals surface area (Å²) in [4.78, 5) is 24.4. The average Bonchev–Trinajstić information content (AvgIpc) is 2.52. The number of hydrogen-bond acceptors (Lipinski definition) is 3. The first-order chi connectivity index (χ1) is 11.0. The van der Waals surface area contributed by atoms with Crippen LogP contribution in [0.1, 0.15) is 57.4 Å². The van der Waals surface area contributed by atoms with Crippen molar-refractivity contribution in [2.24, 2.45) is 0 Å². The topological polar surface area (TPSA) is 78.4 Å². The van der Waals surface area contributed by atoms with E-state index in [-0.39, 0.29) is 24.8 Å². The Morgan fingerprint density at radius 1 is 1.30 bits per heavy atom. The summed E-state index contributed by atoms with van der Waals surface area (Å²) in [5.41, 5.74) is 0.663. The molecule has 5 heteroatoms. The van der Waals surface area contributed by atoms with Crippen LogP contribution < -0.4 is 10.6 Å². The lowest BCUT2D eigenvalue weighted by Gasteiger charge is -2.30. The molecule has 0 spiro atoms. The van der Waals surface area contributed by atoms with Crippen LogP contribution in [0.25, 0.3) is 0 Å². The van der Waals surface area contributed by atoms with Gasteiger partial charge in [-0.1, -0.05) is 44.9 Å². The lowest BCUT2D eigenvalue weighted by Crippen LogP contribution is -2.45. The number of benzene rings is 1. The standard InChI is InChI=1S/C18H26N2O3/c1-3-9-18(23,10-4-2)12-19-17(22)14-11-16(21)20-15-8-6-5-7-13(14)15/h5-8,14,23H,3-4,9-12H2,1-2H3,(H,19,22)(H,20,21). The van der Waals surface area contributed by atoms with Crippen molar-refractivity contribution in [2.45, 2.75) is 57.5 Å². The summed E-state index contributed by atoms with van der Waals surface area (Å²) in [5, 5.41) is 16.3. The summed E-state index contributed by atoms with van der Waals surface area (Å²) >= 11 is 0. The van der Waals surface area contributed by atoms with Gasteiger partial charge in [0.25, 0.3) is 0 Å². The summed E-state index contributed by atoms with van der Waals surface area (Å²) in [6, 6.07) is 7.36. The SMILES string of the molecule is CCCC(O)(CCC)CNC(=O)C1CC(=O)Nc2ccccc21. The van der Waals surface area contributed by atoms with Gasteiger partial charge < -0.3 is 15.7 Å². The van der Waals surface area contributed by atoms with Crippen molar-refractivity contribution in [3.8, 4) is 0 Å². The van der Waals surface area contributed by atoms with Gasteiger partial charge in [0.15, 0.2) is 0 Å². The molecule has 1 atom stereocenters. The van der Waals surface area contributed by atoms with Crippen LogP contribution in [-0.2, 0) is 9.59 Å². The molecule has 2 amide bonds. The van der Waals surface area contributed by atoms with Crippen molar-refractivity contribution in [1.82, 2.24) is 5.32 Å². The maximum absolute atomic E-state index is 12.6. The van der Waals surface area contributed by atoms with E-state index in [1.54, 1.807) is 6.07 Å². The van der Waals surface area contributed by atoms with E-state index in [4.69, 9.17) is 0 Å². The Morgan fingerprint density at radius 3 is 2.61 bits per heavy atom. The van der Waals surface area contributed by atoms with Crippen molar-refractivity contribution >= 4 is 17.5 Å². The van der Waals surface area contributed by atoms with Crippen LogP contribution in [-0.4, -0.2) is 29.1 Å². The highest BCUT2D eigenvalue weighted by molar-refractivity contribution is 6.01. The fraction of sp³-hybridized carbons (Fsp3) is 0.556. The molecule has 2 rings (SSSR count). The van der Waals surface area contributed by atoms with E-state index >= 15 is 0 Å². The summed E-state index contributed by atoms with van der Waals surface area (Å²) in [7, 11) is 0. The zero-order valence-electron chi connectivity index (χ0n) is 13.9. The molecule has 126 valence electrons. The minimum absolute atomic E-state index is 0.142. The minimum atomic E-state index is -0.865. The predicted octanol–water partition coefficient (Wildman–Crippen LogP) is 2.56. The Morgan fingerprint density at radius 2 is 1.96 bits per heavy atom. The largest absolute Gasteiger partial charge is 0.388 e. The van der Waals surface area contributed by atoms with E-state index in [0.29, 0.717) is 18.5 Å². The van der Waals surface area contributed by atoms with E-state index < -0.39 is 11.5 Å². The molecule has 3 N–H and O–H groups in total. The first kappa shape index (κ1) is 17.5. The van der Waals surface area contributed by atoms with Crippen LogP contribution in [0.3, 0.4) is 0 Å². The van der Waals surface area contributed by atoms with Gasteiger partial charge >= 0.3 is 0 Å². The Hall–Kier alpha value is -1.88. The van der Waals surface area contributed by atoms with Gasteiger partial charge in [0.2, 0.25) is 11.8 Å². The van der Waals surface area contributed by atoms with E-state index in [1.807, 2.05) is 32.0 Å². The zero-order chi connectivity index (χ0) is 16.9. The molecular weight excluding hydrogens is 292 g/mol.